The minimum absolute atomic E-state index is 0.216. The molecule has 0 amide bonds. The molecule has 1 N–H and O–H groups in total. The van der Waals surface area contributed by atoms with Crippen molar-refractivity contribution < 1.29 is 4.39 Å². The van der Waals surface area contributed by atoms with Crippen LogP contribution in [0.1, 0.15) is 12.7 Å². The van der Waals surface area contributed by atoms with Gasteiger partial charge in [-0.3, -0.25) is 4.57 Å². The Morgan fingerprint density at radius 3 is 2.94 bits per heavy atom. The molecule has 2 rings (SSSR count). The van der Waals surface area contributed by atoms with Gasteiger partial charge >= 0.3 is 0 Å². The maximum Gasteiger partial charge on any atom is 0.224 e. The highest BCUT2D eigenvalue weighted by Crippen LogP contribution is 2.13. The smallest absolute Gasteiger partial charge is 0.224 e. The Labute approximate surface area is 92.4 Å². The molecule has 0 saturated heterocycles. The fraction of sp³-hybridized carbons (Fsp3) is 0.300. The van der Waals surface area contributed by atoms with Gasteiger partial charge in [-0.05, 0) is 0 Å². The number of anilines is 1. The van der Waals surface area contributed by atoms with Crippen molar-refractivity contribution in [2.75, 3.05) is 12.4 Å². The third-order valence-corrected chi connectivity index (χ3v) is 2.21. The highest BCUT2D eigenvalue weighted by molar-refractivity contribution is 5.33. The lowest BCUT2D eigenvalue weighted by Gasteiger charge is -2.07. The van der Waals surface area contributed by atoms with Gasteiger partial charge in [0.15, 0.2) is 11.6 Å². The number of aryl methyl sites for hydroxylation is 1. The number of hydrogen-bond donors (Lipinski definition) is 1. The van der Waals surface area contributed by atoms with Crippen LogP contribution in [0.5, 0.6) is 0 Å². The molecule has 0 aliphatic rings. The average molecular weight is 221 g/mol. The Bertz CT molecular complexity index is 494. The second-order valence-corrected chi connectivity index (χ2v) is 3.18. The molecule has 0 saturated carbocycles. The zero-order chi connectivity index (χ0) is 11.5. The number of nitrogens with zero attached hydrogens (tertiary/aromatic N) is 4. The lowest BCUT2D eigenvalue weighted by molar-refractivity contribution is 0.599. The van der Waals surface area contributed by atoms with Crippen LogP contribution in [0.3, 0.4) is 0 Å². The van der Waals surface area contributed by atoms with E-state index in [0.29, 0.717) is 12.4 Å². The molecule has 0 aromatic carbocycles. The second kappa shape index (κ2) is 4.26. The minimum atomic E-state index is -0.466. The van der Waals surface area contributed by atoms with Crippen LogP contribution >= 0.6 is 0 Å². The van der Waals surface area contributed by atoms with Crippen molar-refractivity contribution >= 4 is 5.95 Å². The zero-order valence-corrected chi connectivity index (χ0v) is 9.11. The van der Waals surface area contributed by atoms with Gasteiger partial charge in [-0.1, -0.05) is 6.92 Å². The topological polar surface area (TPSA) is 55.6 Å². The largest absolute Gasteiger partial charge is 0.357 e. The van der Waals surface area contributed by atoms with E-state index in [9.17, 15) is 4.39 Å². The molecule has 2 heterocycles. The molecule has 0 unspecified atom stereocenters. The van der Waals surface area contributed by atoms with E-state index in [1.165, 1.54) is 0 Å². The molecule has 0 aliphatic heterocycles. The molecule has 0 aliphatic carbocycles. The van der Waals surface area contributed by atoms with Crippen LogP contribution in [-0.2, 0) is 6.42 Å². The van der Waals surface area contributed by atoms with Gasteiger partial charge in [-0.15, -0.1) is 0 Å². The number of halogens is 1. The third-order valence-electron chi connectivity index (χ3n) is 2.21. The van der Waals surface area contributed by atoms with Crippen molar-refractivity contribution in [1.29, 1.82) is 0 Å². The van der Waals surface area contributed by atoms with E-state index in [1.807, 2.05) is 6.92 Å². The van der Waals surface area contributed by atoms with E-state index in [4.69, 9.17) is 0 Å². The number of rotatable bonds is 3. The Morgan fingerprint density at radius 2 is 2.25 bits per heavy atom. The van der Waals surface area contributed by atoms with Crippen LogP contribution in [-0.4, -0.2) is 26.6 Å². The van der Waals surface area contributed by atoms with Crippen molar-refractivity contribution in [1.82, 2.24) is 19.5 Å². The molecule has 16 heavy (non-hydrogen) atoms. The second-order valence-electron chi connectivity index (χ2n) is 3.18. The van der Waals surface area contributed by atoms with E-state index >= 15 is 0 Å². The van der Waals surface area contributed by atoms with E-state index in [2.05, 4.69) is 20.3 Å². The molecule has 2 aromatic rings. The van der Waals surface area contributed by atoms with Gasteiger partial charge in [0.2, 0.25) is 5.95 Å². The Morgan fingerprint density at radius 1 is 1.44 bits per heavy atom. The van der Waals surface area contributed by atoms with Gasteiger partial charge in [-0.25, -0.2) is 14.4 Å². The predicted molar refractivity (Wildman–Crippen MR) is 58.0 cm³/mol. The van der Waals surface area contributed by atoms with Crippen LogP contribution in [0.25, 0.3) is 5.82 Å². The summed E-state index contributed by atoms with van der Waals surface area (Å²) < 4.78 is 15.2. The van der Waals surface area contributed by atoms with Gasteiger partial charge in [0, 0.05) is 25.9 Å². The molecule has 84 valence electrons. The number of imidazole rings is 1. The molecular formula is C10H12FN5. The summed E-state index contributed by atoms with van der Waals surface area (Å²) in [6.07, 6.45) is 5.17. The summed E-state index contributed by atoms with van der Waals surface area (Å²) in [5.41, 5.74) is 0. The van der Waals surface area contributed by atoms with Crippen molar-refractivity contribution in [3.05, 3.63) is 30.2 Å². The van der Waals surface area contributed by atoms with Gasteiger partial charge < -0.3 is 5.32 Å². The van der Waals surface area contributed by atoms with Crippen LogP contribution < -0.4 is 5.32 Å². The number of nitrogens with one attached hydrogen (secondary N) is 1. The van der Waals surface area contributed by atoms with Crippen LogP contribution in [0.2, 0.25) is 0 Å². The highest BCUT2D eigenvalue weighted by Gasteiger charge is 2.11. The Balaban J connectivity index is 2.54. The lowest BCUT2D eigenvalue weighted by atomic mass is 10.4. The van der Waals surface area contributed by atoms with E-state index < -0.39 is 5.82 Å². The number of aromatic nitrogens is 4. The summed E-state index contributed by atoms with van der Waals surface area (Å²) >= 11 is 0. The first-order valence-electron chi connectivity index (χ1n) is 4.99. The van der Waals surface area contributed by atoms with E-state index in [-0.39, 0.29) is 5.82 Å². The third kappa shape index (κ3) is 1.73. The molecule has 0 bridgehead atoms. The monoisotopic (exact) mass is 221 g/mol. The molecule has 2 aromatic heterocycles. The summed E-state index contributed by atoms with van der Waals surface area (Å²) in [6, 6.07) is 0. The van der Waals surface area contributed by atoms with Crippen LogP contribution in [0.4, 0.5) is 10.3 Å². The quantitative estimate of drug-likeness (QED) is 0.851. The van der Waals surface area contributed by atoms with Crippen molar-refractivity contribution in [2.24, 2.45) is 0 Å². The Hall–Kier alpha value is -1.98. The minimum Gasteiger partial charge on any atom is -0.357 e. The van der Waals surface area contributed by atoms with Crippen LogP contribution in [0.15, 0.2) is 18.6 Å². The summed E-state index contributed by atoms with van der Waals surface area (Å²) in [6.45, 7) is 1.96. The maximum absolute atomic E-state index is 13.6. The first-order chi connectivity index (χ1) is 7.76. The van der Waals surface area contributed by atoms with E-state index in [0.717, 1.165) is 12.0 Å². The van der Waals surface area contributed by atoms with Gasteiger partial charge in [0.1, 0.15) is 5.82 Å². The summed E-state index contributed by atoms with van der Waals surface area (Å²) in [7, 11) is 1.69. The van der Waals surface area contributed by atoms with Gasteiger partial charge in [0.25, 0.3) is 0 Å². The van der Waals surface area contributed by atoms with E-state index in [1.54, 1.807) is 24.0 Å². The van der Waals surface area contributed by atoms with Gasteiger partial charge in [-0.2, -0.15) is 4.98 Å². The highest BCUT2D eigenvalue weighted by atomic mass is 19.1. The first kappa shape index (κ1) is 10.5. The Kier molecular flexibility index (Phi) is 2.80. The first-order valence-corrected chi connectivity index (χ1v) is 4.99. The molecule has 5 nitrogen and oxygen atoms in total. The van der Waals surface area contributed by atoms with Crippen molar-refractivity contribution in [2.45, 2.75) is 13.3 Å². The zero-order valence-electron chi connectivity index (χ0n) is 9.11. The SMILES string of the molecule is CCc1nccn1-c1nc(NC)ncc1F. The summed E-state index contributed by atoms with van der Waals surface area (Å²) in [4.78, 5) is 12.0. The van der Waals surface area contributed by atoms with Crippen molar-refractivity contribution in [3.8, 4) is 5.82 Å². The summed E-state index contributed by atoms with van der Waals surface area (Å²) in [5, 5.41) is 2.77. The predicted octanol–water partition coefficient (Wildman–Crippen LogP) is 1.41. The molecule has 0 spiro atoms. The standard InChI is InChI=1S/C10H12FN5/c1-3-8-13-4-5-16(8)9-7(11)6-14-10(12-2)15-9/h4-6H,3H2,1-2H3,(H,12,14,15). The average Bonchev–Trinajstić information content (AvgIpc) is 2.77. The summed E-state index contributed by atoms with van der Waals surface area (Å²) in [5.74, 6) is 0.896. The fourth-order valence-corrected chi connectivity index (χ4v) is 1.44. The fourth-order valence-electron chi connectivity index (χ4n) is 1.44. The molecule has 0 fully saturated rings. The number of hydrogen-bond acceptors (Lipinski definition) is 4. The lowest BCUT2D eigenvalue weighted by Crippen LogP contribution is -2.07. The molecule has 0 radical (unpaired) electrons. The molecule has 0 atom stereocenters. The van der Waals surface area contributed by atoms with Gasteiger partial charge in [0.05, 0.1) is 6.20 Å². The van der Waals surface area contributed by atoms with Crippen molar-refractivity contribution in [3.63, 3.8) is 0 Å². The maximum atomic E-state index is 13.6. The molecule has 6 heteroatoms. The van der Waals surface area contributed by atoms with Crippen LogP contribution in [0, 0.1) is 5.82 Å². The molecular weight excluding hydrogens is 209 g/mol. The normalized spacial score (nSPS) is 10.4.